The maximum Gasteiger partial charge on any atom is 0.334 e. The van der Waals surface area contributed by atoms with Crippen LogP contribution in [0.2, 0.25) is 12.6 Å². The van der Waals surface area contributed by atoms with E-state index in [2.05, 4.69) is 16.5 Å². The van der Waals surface area contributed by atoms with Gasteiger partial charge in [0.2, 0.25) is 0 Å². The highest BCUT2D eigenvalue weighted by molar-refractivity contribution is 7.99. The van der Waals surface area contributed by atoms with E-state index in [0.29, 0.717) is 5.16 Å². The van der Waals surface area contributed by atoms with E-state index in [1.165, 1.54) is 18.9 Å². The van der Waals surface area contributed by atoms with E-state index >= 15 is 0 Å². The molecule has 0 amide bonds. The average Bonchev–Trinajstić information content (AvgIpc) is 2.47. The Balaban J connectivity index is 2.11. The van der Waals surface area contributed by atoms with Crippen molar-refractivity contribution < 1.29 is 8.85 Å². The molecule has 1 aromatic rings. The van der Waals surface area contributed by atoms with Crippen molar-refractivity contribution in [2.45, 2.75) is 57.3 Å². The monoisotopic (exact) mass is 344 g/mol. The van der Waals surface area contributed by atoms with Gasteiger partial charge in [0.25, 0.3) is 5.56 Å². The summed E-state index contributed by atoms with van der Waals surface area (Å²) < 4.78 is 11.7. The topological polar surface area (TPSA) is 64.2 Å². The molecule has 1 rings (SSSR count). The Morgan fingerprint density at radius 2 is 1.86 bits per heavy atom. The van der Waals surface area contributed by atoms with Crippen LogP contribution in [-0.4, -0.2) is 37.5 Å². The molecule has 0 bridgehead atoms. The van der Waals surface area contributed by atoms with Gasteiger partial charge in [-0.1, -0.05) is 31.0 Å². The summed E-state index contributed by atoms with van der Waals surface area (Å²) in [5, 5.41) is 0.708. The molecule has 0 saturated heterocycles. The molecule has 22 heavy (non-hydrogen) atoms. The lowest BCUT2D eigenvalue weighted by atomic mass is 10.2. The van der Waals surface area contributed by atoms with Crippen LogP contribution in [0.25, 0.3) is 0 Å². The fraction of sp³-hybridized carbons (Fsp3) is 0.733. The van der Waals surface area contributed by atoms with Crippen LogP contribution in [0.5, 0.6) is 0 Å². The van der Waals surface area contributed by atoms with Crippen LogP contribution in [0.1, 0.15) is 39.5 Å². The summed E-state index contributed by atoms with van der Waals surface area (Å²) in [6, 6.07) is 2.50. The smallest absolute Gasteiger partial charge is 0.334 e. The molecular weight excluding hydrogens is 316 g/mol. The molecule has 0 atom stereocenters. The highest BCUT2D eigenvalue weighted by Crippen LogP contribution is 2.19. The molecule has 0 aliphatic heterocycles. The van der Waals surface area contributed by atoms with Gasteiger partial charge in [0, 0.05) is 31.2 Å². The highest BCUT2D eigenvalue weighted by Gasteiger charge is 2.29. The zero-order valence-electron chi connectivity index (χ0n) is 13.9. The quantitative estimate of drug-likeness (QED) is 0.272. The number of aromatic nitrogens is 2. The molecule has 1 N–H and O–H groups in total. The lowest BCUT2D eigenvalue weighted by Gasteiger charge is -2.25. The van der Waals surface area contributed by atoms with E-state index in [1.807, 2.05) is 13.8 Å². The third kappa shape index (κ3) is 8.12. The Bertz CT molecular complexity index is 464. The largest absolute Gasteiger partial charge is 0.395 e. The Kier molecular flexibility index (Phi) is 9.70. The second kappa shape index (κ2) is 11.0. The Hall–Kier alpha value is -0.633. The van der Waals surface area contributed by atoms with Gasteiger partial charge in [-0.05, 0) is 32.9 Å². The third-order valence-corrected chi connectivity index (χ3v) is 7.35. The van der Waals surface area contributed by atoms with Crippen molar-refractivity contribution in [3.63, 3.8) is 0 Å². The van der Waals surface area contributed by atoms with Crippen LogP contribution in [0.3, 0.4) is 0 Å². The molecule has 0 aliphatic carbocycles. The summed E-state index contributed by atoms with van der Waals surface area (Å²) in [6.07, 6.45) is 6.22. The van der Waals surface area contributed by atoms with Gasteiger partial charge in [-0.15, -0.1) is 0 Å². The van der Waals surface area contributed by atoms with E-state index in [-0.39, 0.29) is 5.56 Å². The zero-order chi connectivity index (χ0) is 16.3. The molecular formula is C15H28N2O3SSi. The molecule has 0 spiro atoms. The van der Waals surface area contributed by atoms with Crippen molar-refractivity contribution in [2.75, 3.05) is 19.0 Å². The highest BCUT2D eigenvalue weighted by atomic mass is 32.2. The van der Waals surface area contributed by atoms with Gasteiger partial charge in [0.05, 0.1) is 0 Å². The first-order valence-corrected chi connectivity index (χ1v) is 11.6. The van der Waals surface area contributed by atoms with Gasteiger partial charge < -0.3 is 13.8 Å². The van der Waals surface area contributed by atoms with Gasteiger partial charge in [-0.2, -0.15) is 0 Å². The van der Waals surface area contributed by atoms with Crippen LogP contribution in [0, 0.1) is 0 Å². The van der Waals surface area contributed by atoms with Crippen molar-refractivity contribution in [1.82, 2.24) is 9.97 Å². The minimum Gasteiger partial charge on any atom is -0.395 e. The lowest BCUT2D eigenvalue weighted by Crippen LogP contribution is -2.38. The van der Waals surface area contributed by atoms with Crippen LogP contribution in [-0.2, 0) is 8.85 Å². The number of unbranched alkanes of at least 4 members (excludes halogenated alkanes) is 3. The van der Waals surface area contributed by atoms with E-state index in [9.17, 15) is 4.79 Å². The Labute approximate surface area is 138 Å². The standard InChI is InChI=1S/C15H28N2O3SSi/c1-4-19-22(3,20-5-2)13-9-7-6-8-12-21-15-16-11-10-14(18)17-15/h10-11H,4-9,12-13H2,1-3H3,(H,16,17,18). The summed E-state index contributed by atoms with van der Waals surface area (Å²) >= 11 is 1.61. The van der Waals surface area contributed by atoms with Gasteiger partial charge in [-0.25, -0.2) is 4.98 Å². The van der Waals surface area contributed by atoms with Crippen molar-refractivity contribution in [3.05, 3.63) is 22.6 Å². The molecule has 1 heterocycles. The number of hydrogen-bond acceptors (Lipinski definition) is 5. The van der Waals surface area contributed by atoms with Gasteiger partial charge >= 0.3 is 8.56 Å². The zero-order valence-corrected chi connectivity index (χ0v) is 15.7. The SMILES string of the molecule is CCO[Si](C)(CCCCCCSc1nccc(=O)[nH]1)OCC. The fourth-order valence-electron chi connectivity index (χ4n) is 2.29. The first kappa shape index (κ1) is 19.4. The number of H-pyrrole nitrogens is 1. The number of thioether (sulfide) groups is 1. The number of nitrogens with zero attached hydrogens (tertiary/aromatic N) is 1. The Morgan fingerprint density at radius 1 is 1.18 bits per heavy atom. The minimum absolute atomic E-state index is 0.0893. The summed E-state index contributed by atoms with van der Waals surface area (Å²) in [4.78, 5) is 18.0. The van der Waals surface area contributed by atoms with Crippen molar-refractivity contribution >= 4 is 20.3 Å². The molecule has 0 fully saturated rings. The molecule has 7 heteroatoms. The first-order valence-electron chi connectivity index (χ1n) is 8.05. The second-order valence-corrected chi connectivity index (χ2v) is 9.68. The van der Waals surface area contributed by atoms with Crippen LogP contribution < -0.4 is 5.56 Å². The summed E-state index contributed by atoms with van der Waals surface area (Å²) in [7, 11) is -1.93. The predicted octanol–water partition coefficient (Wildman–Crippen LogP) is 3.57. The third-order valence-electron chi connectivity index (χ3n) is 3.31. The summed E-state index contributed by atoms with van der Waals surface area (Å²) in [5.41, 5.74) is -0.0893. The van der Waals surface area contributed by atoms with E-state index < -0.39 is 8.56 Å². The molecule has 126 valence electrons. The average molecular weight is 345 g/mol. The molecule has 0 aromatic carbocycles. The Morgan fingerprint density at radius 3 is 2.50 bits per heavy atom. The minimum atomic E-state index is -1.93. The fourth-order valence-corrected chi connectivity index (χ4v) is 5.63. The van der Waals surface area contributed by atoms with E-state index in [1.54, 1.807) is 18.0 Å². The molecule has 5 nitrogen and oxygen atoms in total. The number of aromatic amines is 1. The van der Waals surface area contributed by atoms with Crippen LogP contribution in [0.4, 0.5) is 0 Å². The second-order valence-electron chi connectivity index (χ2n) is 5.25. The number of nitrogens with one attached hydrogen (secondary N) is 1. The maximum absolute atomic E-state index is 11.1. The maximum atomic E-state index is 11.1. The predicted molar refractivity (Wildman–Crippen MR) is 93.7 cm³/mol. The van der Waals surface area contributed by atoms with Gasteiger partial charge in [0.15, 0.2) is 5.16 Å². The summed E-state index contributed by atoms with van der Waals surface area (Å²) in [6.45, 7) is 7.70. The van der Waals surface area contributed by atoms with Crippen LogP contribution in [0.15, 0.2) is 22.2 Å². The van der Waals surface area contributed by atoms with Crippen LogP contribution >= 0.6 is 11.8 Å². The number of rotatable bonds is 12. The van der Waals surface area contributed by atoms with Gasteiger partial charge in [0.1, 0.15) is 0 Å². The first-order chi connectivity index (χ1) is 10.6. The van der Waals surface area contributed by atoms with Crippen molar-refractivity contribution in [3.8, 4) is 0 Å². The number of hydrogen-bond donors (Lipinski definition) is 1. The molecule has 0 unspecified atom stereocenters. The lowest BCUT2D eigenvalue weighted by molar-refractivity contribution is 0.188. The van der Waals surface area contributed by atoms with Crippen molar-refractivity contribution in [1.29, 1.82) is 0 Å². The normalized spacial score (nSPS) is 11.8. The molecule has 0 radical (unpaired) electrons. The molecule has 0 saturated carbocycles. The summed E-state index contributed by atoms with van der Waals surface area (Å²) in [5.74, 6) is 0.985. The molecule has 1 aromatic heterocycles. The molecule has 0 aliphatic rings. The van der Waals surface area contributed by atoms with E-state index in [0.717, 1.165) is 37.9 Å². The van der Waals surface area contributed by atoms with Crippen molar-refractivity contribution in [2.24, 2.45) is 0 Å². The van der Waals surface area contributed by atoms with Gasteiger partial charge in [-0.3, -0.25) is 4.79 Å². The van der Waals surface area contributed by atoms with E-state index in [4.69, 9.17) is 8.85 Å².